The van der Waals surface area contributed by atoms with E-state index in [9.17, 15) is 4.80 Å². The molecule has 1 nitrogen and oxygen atoms in total. The molecule has 0 saturated carbocycles. The Kier molecular flexibility index (Phi) is 3.07. The fourth-order valence-corrected chi connectivity index (χ4v) is 1.68. The van der Waals surface area contributed by atoms with E-state index >= 15 is 0 Å². The van der Waals surface area contributed by atoms with Gasteiger partial charge in [-0.1, -0.05) is 36.0 Å². The molecule has 2 heteroatoms. The van der Waals surface area contributed by atoms with Crippen LogP contribution in [0.4, 0.5) is 0 Å². The molecule has 0 heterocycles. The van der Waals surface area contributed by atoms with Gasteiger partial charge in [-0.15, -0.1) is 6.58 Å². The molecule has 1 aromatic rings. The van der Waals surface area contributed by atoms with E-state index in [-0.39, 0.29) is 0 Å². The summed E-state index contributed by atoms with van der Waals surface area (Å²) in [4.78, 5) is 9.30. The fraction of sp³-hybridized carbons (Fsp3) is 0.111. The van der Waals surface area contributed by atoms with E-state index in [0.717, 1.165) is 6.04 Å². The monoisotopic (exact) mass is 163 g/mol. The van der Waals surface area contributed by atoms with E-state index in [0.29, 0.717) is 0 Å². The molecule has 11 heavy (non-hydrogen) atoms. The van der Waals surface area contributed by atoms with Crippen LogP contribution < -0.4 is 0 Å². The van der Waals surface area contributed by atoms with E-state index < -0.39 is 9.04 Å². The van der Waals surface area contributed by atoms with Crippen LogP contribution in [0.15, 0.2) is 42.6 Å². The first-order valence-corrected chi connectivity index (χ1v) is 5.27. The second-order valence-electron chi connectivity index (χ2n) is 2.36. The lowest BCUT2D eigenvalue weighted by atomic mass is 10.2. The lowest BCUT2D eigenvalue weighted by molar-refractivity contribution is 0.582. The Morgan fingerprint density at radius 3 is 2.55 bits per heavy atom. The van der Waals surface area contributed by atoms with Crippen molar-refractivity contribution in [2.45, 2.75) is 6.04 Å². The predicted octanol–water partition coefficient (Wildman–Crippen LogP) is 1.48. The molecule has 0 bridgehead atoms. The number of hydrogen-bond donors (Lipinski definition) is 1. The summed E-state index contributed by atoms with van der Waals surface area (Å²) in [5.41, 5.74) is 2.83. The molecule has 0 saturated heterocycles. The van der Waals surface area contributed by atoms with Crippen molar-refractivity contribution in [2.24, 2.45) is 0 Å². The summed E-state index contributed by atoms with van der Waals surface area (Å²) in [7, 11) is -1.32. The highest BCUT2D eigenvalue weighted by Crippen LogP contribution is 2.00. The molecule has 1 rings (SSSR count). The molecular formula is C9H11OSi. The van der Waals surface area contributed by atoms with Gasteiger partial charge in [-0.25, -0.2) is 0 Å². The van der Waals surface area contributed by atoms with Crippen molar-refractivity contribution in [3.63, 3.8) is 0 Å². The lowest BCUT2D eigenvalue weighted by Gasteiger charge is -2.00. The topological polar surface area (TPSA) is 20.2 Å². The van der Waals surface area contributed by atoms with E-state index in [1.54, 1.807) is 5.70 Å². The Balaban J connectivity index is 2.57. The first kappa shape index (κ1) is 8.24. The highest BCUT2D eigenvalue weighted by atomic mass is 28.3. The third-order valence-corrected chi connectivity index (χ3v) is 2.71. The molecule has 0 amide bonds. The molecule has 57 valence electrons. The minimum atomic E-state index is -1.32. The third kappa shape index (κ3) is 2.70. The second kappa shape index (κ2) is 4.11. The molecule has 1 aromatic carbocycles. The standard InChI is InChI=1S/C9H11OSi/c1-2-11(10)8-9-6-4-3-5-7-9/h2-7,10H,1,8H2. The fourth-order valence-electron chi connectivity index (χ4n) is 0.877. The van der Waals surface area contributed by atoms with E-state index in [1.165, 1.54) is 5.56 Å². The normalized spacial score (nSPS) is 10.0. The van der Waals surface area contributed by atoms with E-state index in [1.807, 2.05) is 30.3 Å². The van der Waals surface area contributed by atoms with Crippen LogP contribution in [0.2, 0.25) is 0 Å². The molecule has 1 radical (unpaired) electrons. The van der Waals surface area contributed by atoms with Crippen molar-refractivity contribution in [3.05, 3.63) is 48.2 Å². The Bertz CT molecular complexity index is 220. The zero-order valence-corrected chi connectivity index (χ0v) is 7.33. The zero-order valence-electron chi connectivity index (χ0n) is 6.33. The molecule has 0 aliphatic rings. The molecule has 0 fully saturated rings. The average Bonchev–Trinajstić information content (AvgIpc) is 2.06. The van der Waals surface area contributed by atoms with Crippen LogP contribution in [0.5, 0.6) is 0 Å². The van der Waals surface area contributed by atoms with Crippen molar-refractivity contribution < 1.29 is 4.80 Å². The van der Waals surface area contributed by atoms with Crippen LogP contribution in [0, 0.1) is 0 Å². The van der Waals surface area contributed by atoms with Gasteiger partial charge in [-0.05, 0) is 11.6 Å². The molecule has 0 atom stereocenters. The molecule has 0 aliphatic heterocycles. The minimum absolute atomic E-state index is 0.759. The lowest BCUT2D eigenvalue weighted by Crippen LogP contribution is -2.12. The highest BCUT2D eigenvalue weighted by Gasteiger charge is 2.02. The maximum atomic E-state index is 9.30. The average molecular weight is 163 g/mol. The van der Waals surface area contributed by atoms with Gasteiger partial charge in [0.1, 0.15) is 0 Å². The van der Waals surface area contributed by atoms with Gasteiger partial charge in [0.05, 0.1) is 0 Å². The molecule has 0 aliphatic carbocycles. The van der Waals surface area contributed by atoms with Gasteiger partial charge >= 0.3 is 0 Å². The first-order chi connectivity index (χ1) is 5.33. The van der Waals surface area contributed by atoms with Crippen molar-refractivity contribution in [3.8, 4) is 0 Å². The molecule has 0 unspecified atom stereocenters. The third-order valence-electron chi connectivity index (χ3n) is 1.46. The van der Waals surface area contributed by atoms with Gasteiger partial charge in [0.15, 0.2) is 0 Å². The van der Waals surface area contributed by atoms with Crippen molar-refractivity contribution >= 4 is 9.04 Å². The SMILES string of the molecule is C=C[Si](O)Cc1ccccc1. The van der Waals surface area contributed by atoms with Crippen LogP contribution in [-0.2, 0) is 6.04 Å². The van der Waals surface area contributed by atoms with Crippen LogP contribution in [0.25, 0.3) is 0 Å². The van der Waals surface area contributed by atoms with Gasteiger partial charge < -0.3 is 4.80 Å². The van der Waals surface area contributed by atoms with Crippen LogP contribution in [0.3, 0.4) is 0 Å². The van der Waals surface area contributed by atoms with E-state index in [4.69, 9.17) is 0 Å². The summed E-state index contributed by atoms with van der Waals surface area (Å²) in [5, 5.41) is 0. The van der Waals surface area contributed by atoms with E-state index in [2.05, 4.69) is 6.58 Å². The predicted molar refractivity (Wildman–Crippen MR) is 48.3 cm³/mol. The molecule has 1 N–H and O–H groups in total. The largest absolute Gasteiger partial charge is 0.427 e. The van der Waals surface area contributed by atoms with Crippen LogP contribution in [0.1, 0.15) is 5.56 Å². The second-order valence-corrected chi connectivity index (χ2v) is 4.10. The van der Waals surface area contributed by atoms with Gasteiger partial charge in [0.2, 0.25) is 9.04 Å². The van der Waals surface area contributed by atoms with Gasteiger partial charge in [0.25, 0.3) is 0 Å². The van der Waals surface area contributed by atoms with Gasteiger partial charge in [-0.3, -0.25) is 0 Å². The maximum Gasteiger partial charge on any atom is 0.239 e. The summed E-state index contributed by atoms with van der Waals surface area (Å²) in [6.45, 7) is 3.55. The summed E-state index contributed by atoms with van der Waals surface area (Å²) in [6.07, 6.45) is 0. The highest BCUT2D eigenvalue weighted by molar-refractivity contribution is 6.55. The molecular weight excluding hydrogens is 152 g/mol. The maximum absolute atomic E-state index is 9.30. The smallest absolute Gasteiger partial charge is 0.239 e. The number of benzene rings is 1. The van der Waals surface area contributed by atoms with Crippen molar-refractivity contribution in [2.75, 3.05) is 0 Å². The quantitative estimate of drug-likeness (QED) is 0.669. The molecule has 0 aromatic heterocycles. The minimum Gasteiger partial charge on any atom is -0.427 e. The summed E-state index contributed by atoms with van der Waals surface area (Å²) >= 11 is 0. The summed E-state index contributed by atoms with van der Waals surface area (Å²) < 4.78 is 0. The van der Waals surface area contributed by atoms with Gasteiger partial charge in [0, 0.05) is 0 Å². The van der Waals surface area contributed by atoms with Crippen molar-refractivity contribution in [1.82, 2.24) is 0 Å². The Morgan fingerprint density at radius 1 is 1.36 bits per heavy atom. The van der Waals surface area contributed by atoms with Gasteiger partial charge in [-0.2, -0.15) is 0 Å². The van der Waals surface area contributed by atoms with Crippen LogP contribution in [-0.4, -0.2) is 13.8 Å². The van der Waals surface area contributed by atoms with Crippen LogP contribution >= 0.6 is 0 Å². The Hall–Kier alpha value is -0.863. The summed E-state index contributed by atoms with van der Waals surface area (Å²) in [5.74, 6) is 0. The number of hydrogen-bond acceptors (Lipinski definition) is 1. The summed E-state index contributed by atoms with van der Waals surface area (Å²) in [6, 6.07) is 10.7. The zero-order chi connectivity index (χ0) is 8.10. The van der Waals surface area contributed by atoms with Crippen molar-refractivity contribution in [1.29, 1.82) is 0 Å². The first-order valence-electron chi connectivity index (χ1n) is 3.54. The molecule has 0 spiro atoms. The number of rotatable bonds is 3. The Morgan fingerprint density at radius 2 is 2.00 bits per heavy atom. The Labute approximate surface area is 68.7 Å².